The van der Waals surface area contributed by atoms with Gasteiger partial charge >= 0.3 is 0 Å². The first-order valence-electron chi connectivity index (χ1n) is 8.10. The van der Waals surface area contributed by atoms with Gasteiger partial charge in [0.05, 0.1) is 0 Å². The molecule has 0 aromatic heterocycles. The largest absolute Gasteiger partial charge is 0.300 e. The van der Waals surface area contributed by atoms with Crippen LogP contribution >= 0.6 is 12.6 Å². The lowest BCUT2D eigenvalue weighted by Gasteiger charge is -2.27. The summed E-state index contributed by atoms with van der Waals surface area (Å²) >= 11 is 4.25. The maximum atomic E-state index is 4.25. The van der Waals surface area contributed by atoms with Crippen LogP contribution in [0.2, 0.25) is 0 Å². The third-order valence-electron chi connectivity index (χ3n) is 4.29. The highest BCUT2D eigenvalue weighted by Gasteiger charge is 2.25. The quantitative estimate of drug-likeness (QED) is 0.442. The average Bonchev–Trinajstić information content (AvgIpc) is 2.81. The molecule has 18 heavy (non-hydrogen) atoms. The van der Waals surface area contributed by atoms with E-state index in [-0.39, 0.29) is 0 Å². The van der Waals surface area contributed by atoms with E-state index in [0.29, 0.717) is 0 Å². The Morgan fingerprint density at radius 1 is 1.00 bits per heavy atom. The SMILES string of the molecule is CC(C)C1CCCN1CCCCCCCCCS. The van der Waals surface area contributed by atoms with E-state index in [1.54, 1.807) is 0 Å². The van der Waals surface area contributed by atoms with Gasteiger partial charge in [0.2, 0.25) is 0 Å². The van der Waals surface area contributed by atoms with E-state index < -0.39 is 0 Å². The van der Waals surface area contributed by atoms with E-state index in [9.17, 15) is 0 Å². The molecule has 1 fully saturated rings. The van der Waals surface area contributed by atoms with Crippen LogP contribution in [0.25, 0.3) is 0 Å². The molecule has 108 valence electrons. The van der Waals surface area contributed by atoms with Crippen LogP contribution < -0.4 is 0 Å². The molecule has 0 bridgehead atoms. The van der Waals surface area contributed by atoms with E-state index >= 15 is 0 Å². The first-order valence-corrected chi connectivity index (χ1v) is 8.74. The molecule has 0 radical (unpaired) electrons. The van der Waals surface area contributed by atoms with Gasteiger partial charge in [-0.1, -0.05) is 46.0 Å². The van der Waals surface area contributed by atoms with Crippen molar-refractivity contribution in [2.75, 3.05) is 18.8 Å². The van der Waals surface area contributed by atoms with Gasteiger partial charge in [0.1, 0.15) is 0 Å². The smallest absolute Gasteiger partial charge is 0.0119 e. The monoisotopic (exact) mass is 271 g/mol. The molecule has 1 saturated heterocycles. The molecular formula is C16H33NS. The lowest BCUT2D eigenvalue weighted by atomic mass is 10.0. The molecule has 1 unspecified atom stereocenters. The molecule has 0 aromatic carbocycles. The summed E-state index contributed by atoms with van der Waals surface area (Å²) in [6, 6.07) is 0.875. The van der Waals surface area contributed by atoms with Crippen molar-refractivity contribution in [3.05, 3.63) is 0 Å². The predicted octanol–water partition coefficient (Wildman–Crippen LogP) is 4.77. The van der Waals surface area contributed by atoms with Crippen LogP contribution in [0.3, 0.4) is 0 Å². The van der Waals surface area contributed by atoms with Gasteiger partial charge < -0.3 is 4.90 Å². The number of thiol groups is 1. The van der Waals surface area contributed by atoms with E-state index in [0.717, 1.165) is 17.7 Å². The zero-order valence-corrected chi connectivity index (χ0v) is 13.4. The molecule has 1 aliphatic rings. The number of hydrogen-bond acceptors (Lipinski definition) is 2. The van der Waals surface area contributed by atoms with Crippen molar-refractivity contribution in [1.29, 1.82) is 0 Å². The van der Waals surface area contributed by atoms with Crippen molar-refractivity contribution in [2.24, 2.45) is 5.92 Å². The summed E-state index contributed by atoms with van der Waals surface area (Å²) in [7, 11) is 0. The highest BCUT2D eigenvalue weighted by atomic mass is 32.1. The molecule has 1 heterocycles. The number of unbranched alkanes of at least 4 members (excludes halogenated alkanes) is 6. The molecule has 0 aliphatic carbocycles. The minimum absolute atomic E-state index is 0.841. The topological polar surface area (TPSA) is 3.24 Å². The molecule has 1 atom stereocenters. The molecule has 1 rings (SSSR count). The van der Waals surface area contributed by atoms with Gasteiger partial charge in [-0.25, -0.2) is 0 Å². The van der Waals surface area contributed by atoms with E-state index in [2.05, 4.69) is 31.4 Å². The maximum Gasteiger partial charge on any atom is 0.0119 e. The first kappa shape index (κ1) is 16.4. The van der Waals surface area contributed by atoms with Crippen molar-refractivity contribution in [3.63, 3.8) is 0 Å². The summed E-state index contributed by atoms with van der Waals surface area (Å²) < 4.78 is 0. The Morgan fingerprint density at radius 3 is 2.22 bits per heavy atom. The normalized spacial score (nSPS) is 21.0. The lowest BCUT2D eigenvalue weighted by Crippen LogP contribution is -2.34. The number of nitrogens with zero attached hydrogens (tertiary/aromatic N) is 1. The molecule has 1 nitrogen and oxygen atoms in total. The van der Waals surface area contributed by atoms with Crippen molar-refractivity contribution in [3.8, 4) is 0 Å². The maximum absolute atomic E-state index is 4.25. The van der Waals surface area contributed by atoms with E-state index in [1.165, 1.54) is 70.9 Å². The Bertz CT molecular complexity index is 194. The third kappa shape index (κ3) is 6.47. The predicted molar refractivity (Wildman–Crippen MR) is 85.6 cm³/mol. The van der Waals surface area contributed by atoms with Crippen molar-refractivity contribution in [2.45, 2.75) is 77.7 Å². The van der Waals surface area contributed by atoms with Gasteiger partial charge in [0.25, 0.3) is 0 Å². The van der Waals surface area contributed by atoms with E-state index in [4.69, 9.17) is 0 Å². The fourth-order valence-corrected chi connectivity index (χ4v) is 3.42. The van der Waals surface area contributed by atoms with Crippen LogP contribution in [-0.4, -0.2) is 29.8 Å². The molecule has 0 N–H and O–H groups in total. The number of hydrogen-bond donors (Lipinski definition) is 1. The Morgan fingerprint density at radius 2 is 1.61 bits per heavy atom. The van der Waals surface area contributed by atoms with Crippen LogP contribution in [0.4, 0.5) is 0 Å². The number of rotatable bonds is 10. The third-order valence-corrected chi connectivity index (χ3v) is 4.60. The fraction of sp³-hybridized carbons (Fsp3) is 1.00. The average molecular weight is 272 g/mol. The van der Waals surface area contributed by atoms with Gasteiger partial charge in [-0.3, -0.25) is 0 Å². The molecule has 0 saturated carbocycles. The van der Waals surface area contributed by atoms with Crippen LogP contribution in [0.15, 0.2) is 0 Å². The second-order valence-corrected chi connectivity index (χ2v) is 6.64. The molecule has 0 spiro atoms. The summed E-state index contributed by atoms with van der Waals surface area (Å²) in [5, 5.41) is 0. The van der Waals surface area contributed by atoms with Crippen LogP contribution in [0, 0.1) is 5.92 Å². The molecule has 0 amide bonds. The molecule has 2 heteroatoms. The summed E-state index contributed by atoms with van der Waals surface area (Å²) in [5.41, 5.74) is 0. The highest BCUT2D eigenvalue weighted by Crippen LogP contribution is 2.24. The van der Waals surface area contributed by atoms with Crippen molar-refractivity contribution < 1.29 is 0 Å². The second kappa shape index (κ2) is 10.1. The first-order chi connectivity index (χ1) is 8.75. The summed E-state index contributed by atoms with van der Waals surface area (Å²) in [4.78, 5) is 2.74. The van der Waals surface area contributed by atoms with Gasteiger partial charge in [0.15, 0.2) is 0 Å². The Labute approximate surface area is 120 Å². The van der Waals surface area contributed by atoms with Gasteiger partial charge in [0, 0.05) is 6.04 Å². The second-order valence-electron chi connectivity index (χ2n) is 6.19. The Hall–Kier alpha value is 0.310. The molecule has 0 aromatic rings. The van der Waals surface area contributed by atoms with Crippen LogP contribution in [0.1, 0.15) is 71.6 Å². The van der Waals surface area contributed by atoms with Crippen LogP contribution in [0.5, 0.6) is 0 Å². The minimum Gasteiger partial charge on any atom is -0.300 e. The molecular weight excluding hydrogens is 238 g/mol. The van der Waals surface area contributed by atoms with Gasteiger partial charge in [-0.15, -0.1) is 0 Å². The summed E-state index contributed by atoms with van der Waals surface area (Å²) in [6.45, 7) is 7.46. The van der Waals surface area contributed by atoms with Gasteiger partial charge in [-0.2, -0.15) is 12.6 Å². The highest BCUT2D eigenvalue weighted by molar-refractivity contribution is 7.80. The number of likely N-dealkylation sites (tertiary alicyclic amines) is 1. The minimum atomic E-state index is 0.841. The van der Waals surface area contributed by atoms with Crippen molar-refractivity contribution >= 4 is 12.6 Å². The Kier molecular flexibility index (Phi) is 9.22. The van der Waals surface area contributed by atoms with Crippen LogP contribution in [-0.2, 0) is 0 Å². The zero-order valence-electron chi connectivity index (χ0n) is 12.5. The fourth-order valence-electron chi connectivity index (χ4n) is 3.20. The summed E-state index contributed by atoms with van der Waals surface area (Å²) in [5.74, 6) is 1.90. The zero-order chi connectivity index (χ0) is 13.2. The summed E-state index contributed by atoms with van der Waals surface area (Å²) in [6.07, 6.45) is 12.7. The Balaban J connectivity index is 1.94. The molecule has 1 aliphatic heterocycles. The lowest BCUT2D eigenvalue weighted by molar-refractivity contribution is 0.202. The van der Waals surface area contributed by atoms with Gasteiger partial charge in [-0.05, 0) is 50.4 Å². The standard InChI is InChI=1S/C16H33NS/c1-15(2)16-11-10-13-17(16)12-8-6-4-3-5-7-9-14-18/h15-16,18H,3-14H2,1-2H3. The van der Waals surface area contributed by atoms with Crippen molar-refractivity contribution in [1.82, 2.24) is 4.90 Å². The van der Waals surface area contributed by atoms with E-state index in [1.807, 2.05) is 0 Å².